The molecule has 0 spiro atoms. The first-order chi connectivity index (χ1) is 14.8. The van der Waals surface area contributed by atoms with Crippen LogP contribution in [0.2, 0.25) is 0 Å². The van der Waals surface area contributed by atoms with Gasteiger partial charge in [-0.3, -0.25) is 9.69 Å². The Morgan fingerprint density at radius 1 is 1.26 bits per heavy atom. The molecule has 2 aliphatic heterocycles. The molecule has 2 heterocycles. The Morgan fingerprint density at radius 2 is 2.03 bits per heavy atom. The molecule has 0 bridgehead atoms. The second-order valence-corrected chi connectivity index (χ2v) is 7.73. The van der Waals surface area contributed by atoms with Gasteiger partial charge in [0.25, 0.3) is 0 Å². The summed E-state index contributed by atoms with van der Waals surface area (Å²) in [5, 5.41) is 9.19. The third kappa shape index (κ3) is 5.18. The highest BCUT2D eigenvalue weighted by molar-refractivity contribution is 5.95. The van der Waals surface area contributed by atoms with E-state index in [0.717, 1.165) is 0 Å². The van der Waals surface area contributed by atoms with Crippen LogP contribution in [-0.2, 0) is 9.53 Å². The molecule has 2 saturated heterocycles. The number of urea groups is 1. The van der Waals surface area contributed by atoms with Crippen molar-refractivity contribution in [3.05, 3.63) is 24.0 Å². The molecule has 3 rings (SSSR count). The number of anilines is 1. The van der Waals surface area contributed by atoms with E-state index >= 15 is 0 Å². The maximum Gasteiger partial charge on any atom is 0.407 e. The number of hydrogen-bond donors (Lipinski definition) is 1. The van der Waals surface area contributed by atoms with E-state index in [-0.39, 0.29) is 43.6 Å². The van der Waals surface area contributed by atoms with Gasteiger partial charge in [0.2, 0.25) is 0 Å². The molecule has 2 aliphatic rings. The number of piperazine rings is 1. The molecular formula is C21H28FN3O6. The van der Waals surface area contributed by atoms with E-state index in [4.69, 9.17) is 9.47 Å². The lowest BCUT2D eigenvalue weighted by molar-refractivity contribution is -0.145. The number of fused-ring (bicyclic) bond motifs is 1. The number of carbonyl (C=O) groups is 3. The van der Waals surface area contributed by atoms with Crippen molar-refractivity contribution in [3.8, 4) is 5.75 Å². The van der Waals surface area contributed by atoms with Gasteiger partial charge < -0.3 is 24.4 Å². The van der Waals surface area contributed by atoms with Gasteiger partial charge in [0.15, 0.2) is 0 Å². The summed E-state index contributed by atoms with van der Waals surface area (Å²) in [6, 6.07) is 3.58. The van der Waals surface area contributed by atoms with Gasteiger partial charge in [-0.15, -0.1) is 0 Å². The molecule has 1 N–H and O–H groups in total. The van der Waals surface area contributed by atoms with E-state index < -0.39 is 11.9 Å². The third-order valence-corrected chi connectivity index (χ3v) is 5.78. The van der Waals surface area contributed by atoms with Crippen LogP contribution < -0.4 is 9.64 Å². The van der Waals surface area contributed by atoms with E-state index in [2.05, 4.69) is 0 Å². The molecular weight excluding hydrogens is 409 g/mol. The highest BCUT2D eigenvalue weighted by Gasteiger charge is 2.42. The summed E-state index contributed by atoms with van der Waals surface area (Å²) in [7, 11) is 1.36. The van der Waals surface area contributed by atoms with Gasteiger partial charge >= 0.3 is 18.1 Å². The average molecular weight is 437 g/mol. The number of ether oxygens (including phenoxy) is 2. The molecule has 0 aromatic heterocycles. The SMILES string of the molecule is CC[C@H](CCCOc1cc(F)cc(N2CC3CN(C(=O)O)CCN3C2=O)c1)C(=O)OC. The standard InChI is InChI=1S/C21H28FN3O6/c1-3-14(19(26)30-2)5-4-8-31-18-10-15(22)9-16(11-18)25-13-17-12-23(21(28)29)6-7-24(17)20(25)27/h9-11,14,17H,3-8,12-13H2,1-2H3,(H,28,29)/t14-,17?/m1/s1. The predicted molar refractivity (Wildman–Crippen MR) is 110 cm³/mol. The molecule has 0 aliphatic carbocycles. The summed E-state index contributed by atoms with van der Waals surface area (Å²) in [6.45, 7) is 3.29. The molecule has 3 amide bonds. The number of hydrogen-bond acceptors (Lipinski definition) is 5. The van der Waals surface area contributed by atoms with Gasteiger partial charge in [-0.05, 0) is 25.3 Å². The molecule has 31 heavy (non-hydrogen) atoms. The quantitative estimate of drug-likeness (QED) is 0.496. The zero-order valence-electron chi connectivity index (χ0n) is 17.8. The van der Waals surface area contributed by atoms with E-state index in [1.54, 1.807) is 11.0 Å². The summed E-state index contributed by atoms with van der Waals surface area (Å²) >= 11 is 0. The number of rotatable bonds is 8. The first-order valence-electron chi connectivity index (χ1n) is 10.4. The second kappa shape index (κ2) is 9.84. The zero-order chi connectivity index (χ0) is 22.5. The minimum Gasteiger partial charge on any atom is -0.493 e. The van der Waals surface area contributed by atoms with Crippen LogP contribution in [0.3, 0.4) is 0 Å². The highest BCUT2D eigenvalue weighted by atomic mass is 19.1. The van der Waals surface area contributed by atoms with Crippen molar-refractivity contribution in [3.63, 3.8) is 0 Å². The first-order valence-corrected chi connectivity index (χ1v) is 10.4. The summed E-state index contributed by atoms with van der Waals surface area (Å²) in [5.41, 5.74) is 0.372. The molecule has 2 fully saturated rings. The molecule has 0 saturated carbocycles. The van der Waals surface area contributed by atoms with Crippen molar-refractivity contribution in [2.24, 2.45) is 5.92 Å². The van der Waals surface area contributed by atoms with Crippen molar-refractivity contribution in [1.82, 2.24) is 9.80 Å². The van der Waals surface area contributed by atoms with E-state index in [1.807, 2.05) is 6.92 Å². The van der Waals surface area contributed by atoms with Crippen LogP contribution in [0, 0.1) is 11.7 Å². The van der Waals surface area contributed by atoms with Gasteiger partial charge in [0, 0.05) is 38.3 Å². The van der Waals surface area contributed by atoms with Crippen molar-refractivity contribution in [2.75, 3.05) is 44.8 Å². The van der Waals surface area contributed by atoms with E-state index in [9.17, 15) is 23.9 Å². The number of halogens is 1. The fourth-order valence-electron chi connectivity index (χ4n) is 4.06. The normalized spacial score (nSPS) is 19.3. The van der Waals surface area contributed by atoms with Crippen LogP contribution in [0.15, 0.2) is 18.2 Å². The van der Waals surface area contributed by atoms with Crippen LogP contribution >= 0.6 is 0 Å². The smallest absolute Gasteiger partial charge is 0.407 e. The first kappa shape index (κ1) is 22.6. The van der Waals surface area contributed by atoms with Gasteiger partial charge in [0.1, 0.15) is 11.6 Å². The number of amides is 3. The Morgan fingerprint density at radius 3 is 2.71 bits per heavy atom. The third-order valence-electron chi connectivity index (χ3n) is 5.78. The topological polar surface area (TPSA) is 99.6 Å². The molecule has 1 aromatic rings. The van der Waals surface area contributed by atoms with Crippen LogP contribution in [-0.4, -0.2) is 78.9 Å². The van der Waals surface area contributed by atoms with Gasteiger partial charge in [-0.2, -0.15) is 0 Å². The predicted octanol–water partition coefficient (Wildman–Crippen LogP) is 2.79. The lowest BCUT2D eigenvalue weighted by atomic mass is 10.0. The molecule has 9 nitrogen and oxygen atoms in total. The second-order valence-electron chi connectivity index (χ2n) is 7.73. The lowest BCUT2D eigenvalue weighted by Crippen LogP contribution is -2.53. The van der Waals surface area contributed by atoms with E-state index in [1.165, 1.54) is 29.0 Å². The number of nitrogens with zero attached hydrogens (tertiary/aromatic N) is 3. The molecule has 2 atom stereocenters. The van der Waals surface area contributed by atoms with Crippen molar-refractivity contribution < 1.29 is 33.4 Å². The lowest BCUT2D eigenvalue weighted by Gasteiger charge is -2.34. The average Bonchev–Trinajstić information content (AvgIpc) is 3.09. The van der Waals surface area contributed by atoms with Crippen LogP contribution in [0.4, 0.5) is 19.7 Å². The highest BCUT2D eigenvalue weighted by Crippen LogP contribution is 2.30. The van der Waals surface area contributed by atoms with Crippen molar-refractivity contribution in [1.29, 1.82) is 0 Å². The molecule has 170 valence electrons. The monoisotopic (exact) mass is 437 g/mol. The molecule has 0 radical (unpaired) electrons. The number of benzene rings is 1. The van der Waals surface area contributed by atoms with Crippen LogP contribution in [0.25, 0.3) is 0 Å². The van der Waals surface area contributed by atoms with Gasteiger partial charge in [0.05, 0.1) is 31.4 Å². The Kier molecular flexibility index (Phi) is 7.19. The number of methoxy groups -OCH3 is 1. The fraction of sp³-hybridized carbons (Fsp3) is 0.571. The molecule has 1 unspecified atom stereocenters. The Balaban J connectivity index is 1.61. The summed E-state index contributed by atoms with van der Waals surface area (Å²) in [6.07, 6.45) is 0.866. The zero-order valence-corrected chi connectivity index (χ0v) is 17.8. The minimum atomic E-state index is -1.01. The summed E-state index contributed by atoms with van der Waals surface area (Å²) in [5.74, 6) is -0.674. The Hall–Kier alpha value is -3.04. The minimum absolute atomic E-state index is 0.193. The largest absolute Gasteiger partial charge is 0.493 e. The van der Waals surface area contributed by atoms with E-state index in [0.29, 0.717) is 43.9 Å². The molecule has 10 heteroatoms. The van der Waals surface area contributed by atoms with Gasteiger partial charge in [-0.1, -0.05) is 6.92 Å². The Labute approximate surface area is 180 Å². The fourth-order valence-corrected chi connectivity index (χ4v) is 4.06. The molecule has 1 aromatic carbocycles. The summed E-state index contributed by atoms with van der Waals surface area (Å²) < 4.78 is 24.7. The number of esters is 1. The number of carbonyl (C=O) groups excluding carboxylic acids is 2. The maximum absolute atomic E-state index is 14.2. The number of carboxylic acid groups (broad SMARTS) is 1. The van der Waals surface area contributed by atoms with Crippen molar-refractivity contribution in [2.45, 2.75) is 32.2 Å². The maximum atomic E-state index is 14.2. The Bertz CT molecular complexity index is 835. The van der Waals surface area contributed by atoms with Gasteiger partial charge in [-0.25, -0.2) is 14.0 Å². The summed E-state index contributed by atoms with van der Waals surface area (Å²) in [4.78, 5) is 40.0. The van der Waals surface area contributed by atoms with Crippen LogP contribution in [0.5, 0.6) is 5.75 Å². The van der Waals surface area contributed by atoms with Crippen LogP contribution in [0.1, 0.15) is 26.2 Å². The van der Waals surface area contributed by atoms with Crippen molar-refractivity contribution >= 4 is 23.8 Å².